The van der Waals surface area contributed by atoms with Crippen LogP contribution in [-0.4, -0.2) is 31.6 Å². The number of esters is 1. The minimum Gasteiger partial charge on any atom is -0.497 e. The fraction of sp³-hybridized carbons (Fsp3) is 0.250. The van der Waals surface area contributed by atoms with E-state index in [0.717, 1.165) is 0 Å². The highest BCUT2D eigenvalue weighted by atomic mass is 16.5. The van der Waals surface area contributed by atoms with Crippen molar-refractivity contribution >= 4 is 17.6 Å². The molecule has 0 saturated heterocycles. The minimum absolute atomic E-state index is 0.178. The van der Waals surface area contributed by atoms with Gasteiger partial charge in [-0.15, -0.1) is 0 Å². The van der Waals surface area contributed by atoms with Gasteiger partial charge in [0.15, 0.2) is 6.10 Å². The van der Waals surface area contributed by atoms with Gasteiger partial charge in [0.1, 0.15) is 5.75 Å². The van der Waals surface area contributed by atoms with Crippen LogP contribution >= 0.6 is 0 Å². The van der Waals surface area contributed by atoms with Crippen LogP contribution in [0.3, 0.4) is 0 Å². The van der Waals surface area contributed by atoms with Gasteiger partial charge in [-0.05, 0) is 37.3 Å². The highest BCUT2D eigenvalue weighted by Gasteiger charge is 2.25. The molecule has 0 N–H and O–H groups in total. The van der Waals surface area contributed by atoms with Crippen LogP contribution in [0.25, 0.3) is 0 Å². The lowest BCUT2D eigenvalue weighted by Gasteiger charge is -2.25. The summed E-state index contributed by atoms with van der Waals surface area (Å²) in [5, 5.41) is 8.84. The van der Waals surface area contributed by atoms with Crippen LogP contribution in [-0.2, 0) is 9.53 Å². The maximum atomic E-state index is 12.8. The largest absolute Gasteiger partial charge is 0.497 e. The van der Waals surface area contributed by atoms with Gasteiger partial charge in [-0.25, -0.2) is 4.79 Å². The van der Waals surface area contributed by atoms with Crippen molar-refractivity contribution in [2.24, 2.45) is 0 Å². The molecule has 0 aliphatic carbocycles. The van der Waals surface area contributed by atoms with Crippen LogP contribution in [0.5, 0.6) is 5.75 Å². The number of para-hydroxylation sites is 1. The van der Waals surface area contributed by atoms with Gasteiger partial charge >= 0.3 is 5.97 Å². The van der Waals surface area contributed by atoms with Gasteiger partial charge in [-0.1, -0.05) is 24.3 Å². The lowest BCUT2D eigenvalue weighted by atomic mass is 10.2. The van der Waals surface area contributed by atoms with E-state index >= 15 is 0 Å². The number of nitrogens with zero attached hydrogens (tertiary/aromatic N) is 2. The first kappa shape index (κ1) is 19.0. The van der Waals surface area contributed by atoms with Crippen LogP contribution in [0.2, 0.25) is 0 Å². The summed E-state index contributed by atoms with van der Waals surface area (Å²) >= 11 is 0. The quantitative estimate of drug-likeness (QED) is 0.715. The summed E-state index contributed by atoms with van der Waals surface area (Å²) in [6.07, 6.45) is -0.815. The summed E-state index contributed by atoms with van der Waals surface area (Å²) in [5.74, 6) is -0.473. The van der Waals surface area contributed by atoms with Crippen molar-refractivity contribution in [2.45, 2.75) is 19.4 Å². The zero-order chi connectivity index (χ0) is 18.9. The number of amides is 1. The normalized spacial score (nSPS) is 11.1. The van der Waals surface area contributed by atoms with Gasteiger partial charge in [0.2, 0.25) is 0 Å². The van der Waals surface area contributed by atoms with Gasteiger partial charge in [-0.2, -0.15) is 5.26 Å². The van der Waals surface area contributed by atoms with Crippen LogP contribution in [0.15, 0.2) is 54.6 Å². The standard InChI is InChI=1S/C20H20N2O4/c1-15(26-20(24)16-8-6-11-18(14-16)25-2)19(23)22(13-7-12-21)17-9-4-3-5-10-17/h3-6,8-11,14-15H,7,13H2,1-2H3/t15-/m0/s1. The highest BCUT2D eigenvalue weighted by Crippen LogP contribution is 2.18. The topological polar surface area (TPSA) is 79.6 Å². The molecule has 2 aromatic rings. The molecular weight excluding hydrogens is 332 g/mol. The Balaban J connectivity index is 2.12. The first-order chi connectivity index (χ1) is 12.6. The summed E-state index contributed by atoms with van der Waals surface area (Å²) in [7, 11) is 1.50. The molecule has 0 saturated carbocycles. The Morgan fingerprint density at radius 1 is 1.15 bits per heavy atom. The fourth-order valence-corrected chi connectivity index (χ4v) is 2.38. The predicted octanol–water partition coefficient (Wildman–Crippen LogP) is 3.19. The van der Waals surface area contributed by atoms with Crippen molar-refractivity contribution in [2.75, 3.05) is 18.6 Å². The summed E-state index contributed by atoms with van der Waals surface area (Å²) in [5.41, 5.74) is 0.948. The number of hydrogen-bond donors (Lipinski definition) is 0. The second-order valence-corrected chi connectivity index (χ2v) is 5.51. The van der Waals surface area contributed by atoms with Gasteiger partial charge in [0, 0.05) is 12.2 Å². The average molecular weight is 352 g/mol. The second-order valence-electron chi connectivity index (χ2n) is 5.51. The first-order valence-corrected chi connectivity index (χ1v) is 8.15. The molecule has 26 heavy (non-hydrogen) atoms. The third kappa shape index (κ3) is 4.84. The Bertz CT molecular complexity index is 799. The van der Waals surface area contributed by atoms with Gasteiger partial charge < -0.3 is 14.4 Å². The number of ether oxygens (including phenoxy) is 2. The maximum absolute atomic E-state index is 12.8. The van der Waals surface area contributed by atoms with E-state index < -0.39 is 12.1 Å². The van der Waals surface area contributed by atoms with Crippen molar-refractivity contribution in [1.29, 1.82) is 5.26 Å². The van der Waals surface area contributed by atoms with Crippen molar-refractivity contribution in [3.8, 4) is 11.8 Å². The lowest BCUT2D eigenvalue weighted by Crippen LogP contribution is -2.40. The molecule has 0 aliphatic rings. The number of benzene rings is 2. The van der Waals surface area contributed by atoms with E-state index in [1.54, 1.807) is 48.5 Å². The molecule has 0 radical (unpaired) electrons. The van der Waals surface area contributed by atoms with Crippen LogP contribution in [0, 0.1) is 11.3 Å². The Morgan fingerprint density at radius 3 is 2.54 bits per heavy atom. The van der Waals surface area contributed by atoms with Crippen molar-refractivity contribution < 1.29 is 19.1 Å². The van der Waals surface area contributed by atoms with Gasteiger partial charge in [0.25, 0.3) is 5.91 Å². The third-order valence-corrected chi connectivity index (χ3v) is 3.72. The van der Waals surface area contributed by atoms with E-state index in [0.29, 0.717) is 17.0 Å². The summed E-state index contributed by atoms with van der Waals surface area (Å²) < 4.78 is 10.4. The lowest BCUT2D eigenvalue weighted by molar-refractivity contribution is -0.126. The first-order valence-electron chi connectivity index (χ1n) is 8.15. The minimum atomic E-state index is -0.993. The average Bonchev–Trinajstić information content (AvgIpc) is 2.68. The molecule has 134 valence electrons. The smallest absolute Gasteiger partial charge is 0.339 e. The van der Waals surface area contributed by atoms with Crippen LogP contribution < -0.4 is 9.64 Å². The molecule has 0 bridgehead atoms. The molecule has 0 heterocycles. The van der Waals surface area contributed by atoms with Crippen molar-refractivity contribution in [3.05, 3.63) is 60.2 Å². The Morgan fingerprint density at radius 2 is 1.88 bits per heavy atom. The number of methoxy groups -OCH3 is 1. The van der Waals surface area contributed by atoms with E-state index in [4.69, 9.17) is 14.7 Å². The number of carbonyl (C=O) groups is 2. The van der Waals surface area contributed by atoms with E-state index in [1.165, 1.54) is 18.9 Å². The van der Waals surface area contributed by atoms with E-state index in [2.05, 4.69) is 0 Å². The van der Waals surface area contributed by atoms with Gasteiger partial charge in [-0.3, -0.25) is 4.79 Å². The molecule has 0 unspecified atom stereocenters. The summed E-state index contributed by atoms with van der Waals surface area (Å²) in [6, 6.07) is 17.5. The fourth-order valence-electron chi connectivity index (χ4n) is 2.38. The molecule has 0 aliphatic heterocycles. The summed E-state index contributed by atoms with van der Waals surface area (Å²) in [6.45, 7) is 1.74. The Hall–Kier alpha value is -3.33. The number of hydrogen-bond acceptors (Lipinski definition) is 5. The molecule has 1 atom stereocenters. The molecule has 2 rings (SSSR count). The third-order valence-electron chi connectivity index (χ3n) is 3.72. The molecule has 0 spiro atoms. The predicted molar refractivity (Wildman–Crippen MR) is 96.9 cm³/mol. The second kappa shape index (κ2) is 9.23. The monoisotopic (exact) mass is 352 g/mol. The highest BCUT2D eigenvalue weighted by molar-refractivity contribution is 5.99. The maximum Gasteiger partial charge on any atom is 0.339 e. The zero-order valence-corrected chi connectivity index (χ0v) is 14.7. The molecule has 6 heteroatoms. The molecule has 6 nitrogen and oxygen atoms in total. The Kier molecular flexibility index (Phi) is 6.75. The van der Waals surface area contributed by atoms with E-state index in [1.807, 2.05) is 12.1 Å². The number of anilines is 1. The van der Waals surface area contributed by atoms with Crippen molar-refractivity contribution in [3.63, 3.8) is 0 Å². The summed E-state index contributed by atoms with van der Waals surface area (Å²) in [4.78, 5) is 26.5. The van der Waals surface area contributed by atoms with Crippen molar-refractivity contribution in [1.82, 2.24) is 0 Å². The number of carbonyl (C=O) groups excluding carboxylic acids is 2. The van der Waals surface area contributed by atoms with Crippen LogP contribution in [0.1, 0.15) is 23.7 Å². The zero-order valence-electron chi connectivity index (χ0n) is 14.7. The molecular formula is C20H20N2O4. The molecule has 0 fully saturated rings. The SMILES string of the molecule is COc1cccc(C(=O)O[C@@H](C)C(=O)N(CCC#N)c2ccccc2)c1. The Labute approximate surface area is 152 Å². The van der Waals surface area contributed by atoms with Crippen LogP contribution in [0.4, 0.5) is 5.69 Å². The molecule has 0 aromatic heterocycles. The molecule has 1 amide bonds. The number of nitriles is 1. The van der Waals surface area contributed by atoms with E-state index in [9.17, 15) is 9.59 Å². The van der Waals surface area contributed by atoms with E-state index in [-0.39, 0.29) is 18.9 Å². The van der Waals surface area contributed by atoms with Gasteiger partial charge in [0.05, 0.1) is 25.2 Å². The number of rotatable bonds is 7. The molecule has 2 aromatic carbocycles.